The number of anilines is 1. The standard InChI is InChI=1S/C22H21N5O4S/c1-13-4-6-14(7-5-13)20-26-27-19(28)10-16(25-22(27)32-20)12-23-21(29)24-15-8-17(30-2)11-18(9-15)31-3/h4-11H,12H2,1-3H3,(H2,23,24,29). The van der Waals surface area contributed by atoms with Crippen molar-refractivity contribution in [3.05, 3.63) is 70.1 Å². The molecule has 0 aliphatic rings. The molecule has 4 aromatic rings. The van der Waals surface area contributed by atoms with Crippen LogP contribution in [-0.4, -0.2) is 34.8 Å². The van der Waals surface area contributed by atoms with E-state index in [4.69, 9.17) is 9.47 Å². The number of carbonyl (C=O) groups excluding carboxylic acids is 1. The van der Waals surface area contributed by atoms with Gasteiger partial charge in [0.1, 0.15) is 16.5 Å². The van der Waals surface area contributed by atoms with Crippen LogP contribution in [0.5, 0.6) is 11.5 Å². The number of urea groups is 1. The molecule has 0 fully saturated rings. The summed E-state index contributed by atoms with van der Waals surface area (Å²) in [5.41, 5.74) is 2.70. The molecule has 0 bridgehead atoms. The van der Waals surface area contributed by atoms with E-state index in [1.54, 1.807) is 18.2 Å². The van der Waals surface area contributed by atoms with Crippen LogP contribution < -0.4 is 25.7 Å². The molecule has 0 saturated heterocycles. The summed E-state index contributed by atoms with van der Waals surface area (Å²) in [7, 11) is 3.06. The van der Waals surface area contributed by atoms with E-state index in [0.717, 1.165) is 11.1 Å². The number of hydrogen-bond donors (Lipinski definition) is 2. The second kappa shape index (κ2) is 9.06. The Hall–Kier alpha value is -3.92. The molecule has 0 spiro atoms. The first-order valence-electron chi connectivity index (χ1n) is 9.70. The molecule has 2 amide bonds. The van der Waals surface area contributed by atoms with Crippen LogP contribution in [0, 0.1) is 6.92 Å². The number of methoxy groups -OCH3 is 2. The Morgan fingerprint density at radius 1 is 1.06 bits per heavy atom. The summed E-state index contributed by atoms with van der Waals surface area (Å²) in [6.45, 7) is 2.09. The zero-order valence-electron chi connectivity index (χ0n) is 17.7. The molecule has 0 unspecified atom stereocenters. The van der Waals surface area contributed by atoms with Gasteiger partial charge in [0, 0.05) is 35.5 Å². The molecule has 4 rings (SSSR count). The maximum Gasteiger partial charge on any atom is 0.319 e. The summed E-state index contributed by atoms with van der Waals surface area (Å²) in [4.78, 5) is 29.7. The van der Waals surface area contributed by atoms with Gasteiger partial charge < -0.3 is 20.1 Å². The first-order chi connectivity index (χ1) is 15.4. The minimum absolute atomic E-state index is 0.0798. The number of hydrogen-bond acceptors (Lipinski definition) is 7. The normalized spacial score (nSPS) is 10.7. The molecule has 2 aromatic carbocycles. The van der Waals surface area contributed by atoms with Crippen LogP contribution in [-0.2, 0) is 6.54 Å². The average molecular weight is 452 g/mol. The molecule has 0 saturated carbocycles. The van der Waals surface area contributed by atoms with E-state index < -0.39 is 6.03 Å². The predicted octanol–water partition coefficient (Wildman–Crippen LogP) is 3.47. The Labute approximate surface area is 187 Å². The first kappa shape index (κ1) is 21.3. The lowest BCUT2D eigenvalue weighted by Gasteiger charge is -2.10. The number of rotatable bonds is 6. The molecule has 32 heavy (non-hydrogen) atoms. The van der Waals surface area contributed by atoms with Crippen molar-refractivity contribution in [2.75, 3.05) is 19.5 Å². The molecule has 0 radical (unpaired) electrons. The Kier molecular flexibility index (Phi) is 6.04. The van der Waals surface area contributed by atoms with Crippen molar-refractivity contribution in [1.29, 1.82) is 0 Å². The van der Waals surface area contributed by atoms with Crippen molar-refractivity contribution in [3.63, 3.8) is 0 Å². The molecule has 0 aliphatic heterocycles. The van der Waals surface area contributed by atoms with Gasteiger partial charge in [-0.05, 0) is 6.92 Å². The fourth-order valence-corrected chi connectivity index (χ4v) is 3.91. The smallest absolute Gasteiger partial charge is 0.319 e. The van der Waals surface area contributed by atoms with Gasteiger partial charge in [-0.3, -0.25) is 4.79 Å². The topological polar surface area (TPSA) is 107 Å². The van der Waals surface area contributed by atoms with Crippen molar-refractivity contribution >= 4 is 28.0 Å². The summed E-state index contributed by atoms with van der Waals surface area (Å²) in [5.74, 6) is 1.10. The molecule has 2 aromatic heterocycles. The monoisotopic (exact) mass is 451 g/mol. The summed E-state index contributed by atoms with van der Waals surface area (Å²) in [6, 6.07) is 13.8. The summed E-state index contributed by atoms with van der Waals surface area (Å²) < 4.78 is 11.7. The van der Waals surface area contributed by atoms with Crippen LogP contribution in [0.25, 0.3) is 15.5 Å². The van der Waals surface area contributed by atoms with Crippen LogP contribution in [0.4, 0.5) is 10.5 Å². The molecular formula is C22H21N5O4S. The molecule has 0 atom stereocenters. The number of ether oxygens (including phenoxy) is 2. The zero-order valence-corrected chi connectivity index (χ0v) is 18.5. The lowest BCUT2D eigenvalue weighted by molar-refractivity contribution is 0.251. The van der Waals surface area contributed by atoms with Crippen molar-refractivity contribution in [1.82, 2.24) is 19.9 Å². The average Bonchev–Trinajstić information content (AvgIpc) is 3.22. The van der Waals surface area contributed by atoms with Crippen molar-refractivity contribution in [3.8, 4) is 22.1 Å². The highest BCUT2D eigenvalue weighted by Crippen LogP contribution is 2.26. The fraction of sp³-hybridized carbons (Fsp3) is 0.182. The van der Waals surface area contributed by atoms with Crippen LogP contribution in [0.2, 0.25) is 0 Å². The van der Waals surface area contributed by atoms with Gasteiger partial charge in [0.25, 0.3) is 5.56 Å². The van der Waals surface area contributed by atoms with E-state index in [-0.39, 0.29) is 12.1 Å². The minimum atomic E-state index is -0.452. The zero-order chi connectivity index (χ0) is 22.7. The fourth-order valence-electron chi connectivity index (χ4n) is 2.99. The largest absolute Gasteiger partial charge is 0.497 e. The third-order valence-corrected chi connectivity index (χ3v) is 5.59. The maximum atomic E-state index is 12.5. The van der Waals surface area contributed by atoms with Gasteiger partial charge in [-0.25, -0.2) is 9.78 Å². The predicted molar refractivity (Wildman–Crippen MR) is 123 cm³/mol. The second-order valence-corrected chi connectivity index (χ2v) is 7.92. The molecular weight excluding hydrogens is 430 g/mol. The Morgan fingerprint density at radius 3 is 2.41 bits per heavy atom. The van der Waals surface area contributed by atoms with Crippen LogP contribution in [0.15, 0.2) is 53.3 Å². The second-order valence-electron chi connectivity index (χ2n) is 6.96. The summed E-state index contributed by atoms with van der Waals surface area (Å²) in [5, 5.41) is 10.5. The van der Waals surface area contributed by atoms with Gasteiger partial charge in [-0.15, -0.1) is 0 Å². The molecule has 2 heterocycles. The molecule has 9 nitrogen and oxygen atoms in total. The SMILES string of the molecule is COc1cc(NC(=O)NCc2cc(=O)n3nc(-c4ccc(C)cc4)sc3n2)cc(OC)c1. The van der Waals surface area contributed by atoms with Gasteiger partial charge in [0.2, 0.25) is 4.96 Å². The van der Waals surface area contributed by atoms with Gasteiger partial charge in [-0.2, -0.15) is 9.61 Å². The van der Waals surface area contributed by atoms with Crippen molar-refractivity contribution < 1.29 is 14.3 Å². The van der Waals surface area contributed by atoms with E-state index in [1.807, 2.05) is 31.2 Å². The Morgan fingerprint density at radius 2 is 1.75 bits per heavy atom. The quantitative estimate of drug-likeness (QED) is 0.465. The minimum Gasteiger partial charge on any atom is -0.497 e. The van der Waals surface area contributed by atoms with E-state index in [1.165, 1.54) is 36.1 Å². The van der Waals surface area contributed by atoms with Crippen molar-refractivity contribution in [2.24, 2.45) is 0 Å². The van der Waals surface area contributed by atoms with E-state index in [0.29, 0.717) is 32.8 Å². The number of nitrogens with one attached hydrogen (secondary N) is 2. The lowest BCUT2D eigenvalue weighted by Crippen LogP contribution is -2.29. The number of nitrogens with zero attached hydrogens (tertiary/aromatic N) is 3. The first-order valence-corrected chi connectivity index (χ1v) is 10.5. The molecule has 0 aliphatic carbocycles. The number of carbonyl (C=O) groups is 1. The van der Waals surface area contributed by atoms with Gasteiger partial charge >= 0.3 is 6.03 Å². The van der Waals surface area contributed by atoms with Crippen molar-refractivity contribution in [2.45, 2.75) is 13.5 Å². The van der Waals surface area contributed by atoms with Crippen LogP contribution in [0.1, 0.15) is 11.3 Å². The molecule has 164 valence electrons. The van der Waals surface area contributed by atoms with Gasteiger partial charge in [-0.1, -0.05) is 41.2 Å². The van der Waals surface area contributed by atoms with Gasteiger partial charge in [0.15, 0.2) is 0 Å². The lowest BCUT2D eigenvalue weighted by atomic mass is 10.2. The molecule has 2 N–H and O–H groups in total. The summed E-state index contributed by atoms with van der Waals surface area (Å²) in [6.07, 6.45) is 0. The van der Waals surface area contributed by atoms with Crippen LogP contribution >= 0.6 is 11.3 Å². The third-order valence-electron chi connectivity index (χ3n) is 4.64. The number of benzene rings is 2. The van der Waals surface area contributed by atoms with E-state index in [2.05, 4.69) is 20.7 Å². The Bertz CT molecular complexity index is 1310. The highest BCUT2D eigenvalue weighted by atomic mass is 32.1. The maximum absolute atomic E-state index is 12.5. The van der Waals surface area contributed by atoms with Gasteiger partial charge in [0.05, 0.1) is 26.5 Å². The third kappa shape index (κ3) is 4.70. The van der Waals surface area contributed by atoms with Crippen LogP contribution in [0.3, 0.4) is 0 Å². The number of fused-ring (bicyclic) bond motifs is 1. The molecule has 10 heteroatoms. The number of aryl methyl sites for hydroxylation is 1. The number of aromatic nitrogens is 3. The highest BCUT2D eigenvalue weighted by Gasteiger charge is 2.12. The number of amides is 2. The Balaban J connectivity index is 1.48. The van der Waals surface area contributed by atoms with E-state index >= 15 is 0 Å². The summed E-state index contributed by atoms with van der Waals surface area (Å²) >= 11 is 1.31. The highest BCUT2D eigenvalue weighted by molar-refractivity contribution is 7.19. The van der Waals surface area contributed by atoms with E-state index in [9.17, 15) is 9.59 Å².